The number of hydrogen-bond donors (Lipinski definition) is 1. The van der Waals surface area contributed by atoms with Crippen molar-refractivity contribution in [3.05, 3.63) is 48.2 Å². The number of nitrogens with zero attached hydrogens (tertiary/aromatic N) is 3. The SMILES string of the molecule is CCCCN1C(=O)CCC(C(=O)Nc2ccc(N3CCOCC3)nc2)C1c1ccccc1OC. The Balaban J connectivity index is 1.56. The molecule has 182 valence electrons. The maximum atomic E-state index is 13.5. The first-order chi connectivity index (χ1) is 16.6. The normalized spacial score (nSPS) is 20.8. The predicted molar refractivity (Wildman–Crippen MR) is 131 cm³/mol. The van der Waals surface area contributed by atoms with Gasteiger partial charge in [-0.25, -0.2) is 4.98 Å². The lowest BCUT2D eigenvalue weighted by Crippen LogP contribution is -2.47. The minimum absolute atomic E-state index is 0.0879. The van der Waals surface area contributed by atoms with Crippen LogP contribution in [0, 0.1) is 5.92 Å². The molecule has 1 aromatic carbocycles. The van der Waals surface area contributed by atoms with Crippen LogP contribution < -0.4 is 15.0 Å². The molecule has 0 spiro atoms. The molecule has 0 saturated carbocycles. The molecule has 0 aliphatic carbocycles. The molecule has 3 heterocycles. The number of nitrogens with one attached hydrogen (secondary N) is 1. The molecular formula is C26H34N4O4. The molecule has 0 radical (unpaired) electrons. The number of rotatable bonds is 8. The molecule has 2 fully saturated rings. The Labute approximate surface area is 201 Å². The van der Waals surface area contributed by atoms with Gasteiger partial charge in [0.05, 0.1) is 44.2 Å². The number of carbonyl (C=O) groups is 2. The molecule has 4 rings (SSSR count). The van der Waals surface area contributed by atoms with Crippen LogP contribution in [0.2, 0.25) is 0 Å². The van der Waals surface area contributed by atoms with Gasteiger partial charge in [-0.3, -0.25) is 9.59 Å². The summed E-state index contributed by atoms with van der Waals surface area (Å²) in [6.45, 7) is 5.73. The van der Waals surface area contributed by atoms with Gasteiger partial charge in [0.1, 0.15) is 11.6 Å². The number of para-hydroxylation sites is 1. The van der Waals surface area contributed by atoms with E-state index in [1.165, 1.54) is 0 Å². The van der Waals surface area contributed by atoms with Gasteiger partial charge >= 0.3 is 0 Å². The highest BCUT2D eigenvalue weighted by Gasteiger charge is 2.41. The number of unbranched alkanes of at least 4 members (excludes halogenated alkanes) is 1. The third kappa shape index (κ3) is 5.33. The van der Waals surface area contributed by atoms with Gasteiger partial charge < -0.3 is 24.6 Å². The van der Waals surface area contributed by atoms with Crippen LogP contribution in [0.1, 0.15) is 44.2 Å². The zero-order valence-corrected chi connectivity index (χ0v) is 20.0. The fourth-order valence-electron chi connectivity index (χ4n) is 4.79. The minimum Gasteiger partial charge on any atom is -0.496 e. The summed E-state index contributed by atoms with van der Waals surface area (Å²) in [6, 6.07) is 11.1. The van der Waals surface area contributed by atoms with Gasteiger partial charge in [-0.05, 0) is 31.0 Å². The van der Waals surface area contributed by atoms with E-state index >= 15 is 0 Å². The van der Waals surface area contributed by atoms with Gasteiger partial charge in [0.2, 0.25) is 11.8 Å². The van der Waals surface area contributed by atoms with Gasteiger partial charge in [0, 0.05) is 31.6 Å². The highest BCUT2D eigenvalue weighted by molar-refractivity contribution is 5.94. The minimum atomic E-state index is -0.384. The number of carbonyl (C=O) groups excluding carboxylic acids is 2. The number of methoxy groups -OCH3 is 1. The Morgan fingerprint density at radius 3 is 2.71 bits per heavy atom. The van der Waals surface area contributed by atoms with Crippen molar-refractivity contribution < 1.29 is 19.1 Å². The zero-order chi connectivity index (χ0) is 23.9. The second-order valence-electron chi connectivity index (χ2n) is 8.77. The lowest BCUT2D eigenvalue weighted by atomic mass is 9.83. The number of amides is 2. The van der Waals surface area contributed by atoms with Crippen LogP contribution in [-0.2, 0) is 14.3 Å². The lowest BCUT2D eigenvalue weighted by molar-refractivity contribution is -0.142. The Bertz CT molecular complexity index is 975. The van der Waals surface area contributed by atoms with E-state index in [4.69, 9.17) is 9.47 Å². The number of benzene rings is 1. The monoisotopic (exact) mass is 466 g/mol. The van der Waals surface area contributed by atoms with Gasteiger partial charge in [-0.15, -0.1) is 0 Å². The summed E-state index contributed by atoms with van der Waals surface area (Å²) in [5, 5.41) is 3.05. The van der Waals surface area contributed by atoms with Crippen molar-refractivity contribution in [1.29, 1.82) is 0 Å². The molecule has 2 amide bonds. The van der Waals surface area contributed by atoms with E-state index in [1.807, 2.05) is 41.3 Å². The second-order valence-corrected chi connectivity index (χ2v) is 8.77. The Hall–Kier alpha value is -3.13. The van der Waals surface area contributed by atoms with E-state index in [0.717, 1.165) is 37.3 Å². The number of piperidine rings is 1. The fourth-order valence-corrected chi connectivity index (χ4v) is 4.79. The summed E-state index contributed by atoms with van der Waals surface area (Å²) in [6.07, 6.45) is 4.42. The zero-order valence-electron chi connectivity index (χ0n) is 20.0. The summed E-state index contributed by atoms with van der Waals surface area (Å²) in [4.78, 5) is 35.0. The van der Waals surface area contributed by atoms with Crippen molar-refractivity contribution in [2.24, 2.45) is 5.92 Å². The maximum Gasteiger partial charge on any atom is 0.229 e. The first-order valence-electron chi connectivity index (χ1n) is 12.1. The first-order valence-corrected chi connectivity index (χ1v) is 12.1. The summed E-state index contributed by atoms with van der Waals surface area (Å²) in [7, 11) is 1.62. The highest BCUT2D eigenvalue weighted by Crippen LogP contribution is 2.41. The number of likely N-dealkylation sites (tertiary alicyclic amines) is 1. The summed E-state index contributed by atoms with van der Waals surface area (Å²) in [5.74, 6) is 1.17. The summed E-state index contributed by atoms with van der Waals surface area (Å²) in [5.41, 5.74) is 1.52. The third-order valence-corrected chi connectivity index (χ3v) is 6.60. The number of anilines is 2. The van der Waals surface area contributed by atoms with Crippen LogP contribution in [0.5, 0.6) is 5.75 Å². The summed E-state index contributed by atoms with van der Waals surface area (Å²) < 4.78 is 11.0. The largest absolute Gasteiger partial charge is 0.496 e. The van der Waals surface area contributed by atoms with Crippen molar-refractivity contribution in [3.8, 4) is 5.75 Å². The van der Waals surface area contributed by atoms with Crippen molar-refractivity contribution in [3.63, 3.8) is 0 Å². The molecular weight excluding hydrogens is 432 g/mol. The highest BCUT2D eigenvalue weighted by atomic mass is 16.5. The average Bonchev–Trinajstić information content (AvgIpc) is 2.88. The topological polar surface area (TPSA) is 84.0 Å². The van der Waals surface area contributed by atoms with Crippen LogP contribution in [0.25, 0.3) is 0 Å². The quantitative estimate of drug-likeness (QED) is 0.639. The first kappa shape index (κ1) is 24.0. The molecule has 8 heteroatoms. The number of ether oxygens (including phenoxy) is 2. The van der Waals surface area contributed by atoms with Gasteiger partial charge in [-0.1, -0.05) is 31.5 Å². The van der Waals surface area contributed by atoms with Gasteiger partial charge in [-0.2, -0.15) is 0 Å². The Morgan fingerprint density at radius 2 is 2.00 bits per heavy atom. The number of pyridine rings is 1. The summed E-state index contributed by atoms with van der Waals surface area (Å²) >= 11 is 0. The Kier molecular flexibility index (Phi) is 8.00. The third-order valence-electron chi connectivity index (χ3n) is 6.60. The van der Waals surface area contributed by atoms with E-state index in [1.54, 1.807) is 13.3 Å². The van der Waals surface area contributed by atoms with E-state index in [-0.39, 0.29) is 23.8 Å². The predicted octanol–water partition coefficient (Wildman–Crippen LogP) is 3.65. The molecule has 2 saturated heterocycles. The van der Waals surface area contributed by atoms with Crippen molar-refractivity contribution in [2.45, 2.75) is 38.6 Å². The van der Waals surface area contributed by atoms with Crippen LogP contribution in [0.15, 0.2) is 42.6 Å². The Morgan fingerprint density at radius 1 is 1.21 bits per heavy atom. The number of morpholine rings is 1. The maximum absolute atomic E-state index is 13.5. The van der Waals surface area contributed by atoms with Crippen LogP contribution in [0.4, 0.5) is 11.5 Å². The van der Waals surface area contributed by atoms with E-state index in [9.17, 15) is 9.59 Å². The second kappa shape index (κ2) is 11.3. The lowest BCUT2D eigenvalue weighted by Gasteiger charge is -2.41. The fraction of sp³-hybridized carbons (Fsp3) is 0.500. The molecule has 1 aromatic heterocycles. The van der Waals surface area contributed by atoms with Crippen LogP contribution in [0.3, 0.4) is 0 Å². The average molecular weight is 467 g/mol. The van der Waals surface area contributed by atoms with Gasteiger partial charge in [0.15, 0.2) is 0 Å². The molecule has 2 aromatic rings. The van der Waals surface area contributed by atoms with Crippen molar-refractivity contribution in [2.75, 3.05) is 50.2 Å². The van der Waals surface area contributed by atoms with Gasteiger partial charge in [0.25, 0.3) is 0 Å². The number of hydrogen-bond acceptors (Lipinski definition) is 6. The van der Waals surface area contributed by atoms with Crippen molar-refractivity contribution >= 4 is 23.3 Å². The van der Waals surface area contributed by atoms with E-state index in [2.05, 4.69) is 22.1 Å². The molecule has 2 atom stereocenters. The molecule has 2 unspecified atom stereocenters. The number of aromatic nitrogens is 1. The van der Waals surface area contributed by atoms with Crippen LogP contribution >= 0.6 is 0 Å². The smallest absolute Gasteiger partial charge is 0.229 e. The molecule has 1 N–H and O–H groups in total. The van der Waals surface area contributed by atoms with E-state index in [0.29, 0.717) is 44.0 Å². The van der Waals surface area contributed by atoms with Crippen LogP contribution in [-0.4, -0.2) is 61.7 Å². The molecule has 2 aliphatic heterocycles. The standard InChI is InChI=1S/C26H34N4O4/c1-3-4-13-30-24(31)12-10-21(25(30)20-7-5-6-8-22(20)33-2)26(32)28-19-9-11-23(27-18-19)29-14-16-34-17-15-29/h5-9,11,18,21,25H,3-4,10,12-17H2,1-2H3,(H,28,32). The molecule has 34 heavy (non-hydrogen) atoms. The molecule has 2 aliphatic rings. The molecule has 0 bridgehead atoms. The molecule has 8 nitrogen and oxygen atoms in total. The van der Waals surface area contributed by atoms with Crippen molar-refractivity contribution in [1.82, 2.24) is 9.88 Å². The van der Waals surface area contributed by atoms with E-state index < -0.39 is 0 Å².